The maximum Gasteiger partial charge on any atom is 0.123 e. The van der Waals surface area contributed by atoms with Gasteiger partial charge in [0.2, 0.25) is 0 Å². The molecule has 104 valence electrons. The maximum absolute atomic E-state index is 13.2. The molecule has 0 fully saturated rings. The molecule has 2 rings (SSSR count). The van der Waals surface area contributed by atoms with Gasteiger partial charge in [0.15, 0.2) is 0 Å². The van der Waals surface area contributed by atoms with Gasteiger partial charge < -0.3 is 5.32 Å². The standard InChI is InChI=1S/C15H16FN3S/c1-3-14-9-19-15(20-14)10(2)18-8-12-6-13(16)5-4-11(12)7-17/h4-6,9-10,18H,3,8H2,1-2H3. The highest BCUT2D eigenvalue weighted by Crippen LogP contribution is 2.21. The van der Waals surface area contributed by atoms with Crippen LogP contribution >= 0.6 is 11.3 Å². The molecule has 0 bridgehead atoms. The Balaban J connectivity index is 2.05. The molecule has 0 aliphatic rings. The van der Waals surface area contributed by atoms with Crippen molar-refractivity contribution in [1.82, 2.24) is 10.3 Å². The van der Waals surface area contributed by atoms with Gasteiger partial charge >= 0.3 is 0 Å². The second-order valence-corrected chi connectivity index (χ2v) is 5.68. The van der Waals surface area contributed by atoms with Crippen molar-refractivity contribution in [2.24, 2.45) is 0 Å². The molecular weight excluding hydrogens is 273 g/mol. The molecule has 2 aromatic rings. The van der Waals surface area contributed by atoms with Gasteiger partial charge in [0.1, 0.15) is 10.8 Å². The molecule has 3 nitrogen and oxygen atoms in total. The number of thiazole rings is 1. The monoisotopic (exact) mass is 289 g/mol. The molecule has 0 aliphatic carbocycles. The zero-order chi connectivity index (χ0) is 14.5. The first-order valence-electron chi connectivity index (χ1n) is 6.50. The molecule has 0 radical (unpaired) electrons. The molecule has 1 aromatic carbocycles. The fourth-order valence-electron chi connectivity index (χ4n) is 1.85. The lowest BCUT2D eigenvalue weighted by atomic mass is 10.1. The Hall–Kier alpha value is -1.77. The lowest BCUT2D eigenvalue weighted by Gasteiger charge is -2.12. The summed E-state index contributed by atoms with van der Waals surface area (Å²) in [6, 6.07) is 6.37. The summed E-state index contributed by atoms with van der Waals surface area (Å²) in [5.74, 6) is -0.323. The van der Waals surface area contributed by atoms with Gasteiger partial charge in [0, 0.05) is 17.6 Å². The van der Waals surface area contributed by atoms with E-state index in [2.05, 4.69) is 23.3 Å². The molecule has 0 saturated carbocycles. The summed E-state index contributed by atoms with van der Waals surface area (Å²) in [6.07, 6.45) is 2.87. The molecule has 0 aliphatic heterocycles. The van der Waals surface area contributed by atoms with E-state index >= 15 is 0 Å². The molecule has 1 aromatic heterocycles. The largest absolute Gasteiger partial charge is 0.304 e. The predicted molar refractivity (Wildman–Crippen MR) is 77.9 cm³/mol. The summed E-state index contributed by atoms with van der Waals surface area (Å²) in [4.78, 5) is 5.62. The second-order valence-electron chi connectivity index (χ2n) is 4.53. The fourth-order valence-corrected chi connectivity index (χ4v) is 2.74. The normalized spacial score (nSPS) is 12.1. The summed E-state index contributed by atoms with van der Waals surface area (Å²) in [5, 5.41) is 13.3. The SMILES string of the molecule is CCc1cnc(C(C)NCc2cc(F)ccc2C#N)s1. The average Bonchev–Trinajstić information content (AvgIpc) is 2.94. The zero-order valence-electron chi connectivity index (χ0n) is 11.5. The lowest BCUT2D eigenvalue weighted by molar-refractivity contribution is 0.566. The Labute approximate surface area is 122 Å². The highest BCUT2D eigenvalue weighted by molar-refractivity contribution is 7.11. The molecule has 0 spiro atoms. The minimum absolute atomic E-state index is 0.0788. The number of aryl methyl sites for hydroxylation is 1. The second kappa shape index (κ2) is 6.60. The first kappa shape index (κ1) is 14.6. The summed E-state index contributed by atoms with van der Waals surface area (Å²) in [7, 11) is 0. The van der Waals surface area contributed by atoms with Gasteiger partial charge in [-0.3, -0.25) is 0 Å². The number of nitrogens with one attached hydrogen (secondary N) is 1. The van der Waals surface area contributed by atoms with Crippen LogP contribution in [0.4, 0.5) is 4.39 Å². The maximum atomic E-state index is 13.2. The van der Waals surface area contributed by atoms with Crippen molar-refractivity contribution < 1.29 is 4.39 Å². The molecule has 1 atom stereocenters. The minimum atomic E-state index is -0.323. The summed E-state index contributed by atoms with van der Waals surface area (Å²) >= 11 is 1.68. The summed E-state index contributed by atoms with van der Waals surface area (Å²) in [5.41, 5.74) is 1.17. The number of aromatic nitrogens is 1. The number of benzene rings is 1. The number of nitrogens with zero attached hydrogens (tertiary/aromatic N) is 2. The van der Waals surface area contributed by atoms with Crippen LogP contribution in [0.15, 0.2) is 24.4 Å². The Kier molecular flexibility index (Phi) is 4.83. The van der Waals surface area contributed by atoms with Gasteiger partial charge in [-0.05, 0) is 37.1 Å². The van der Waals surface area contributed by atoms with E-state index in [4.69, 9.17) is 5.26 Å². The van der Waals surface area contributed by atoms with Crippen LogP contribution < -0.4 is 5.32 Å². The number of halogens is 1. The molecule has 5 heteroatoms. The Morgan fingerprint density at radius 3 is 2.95 bits per heavy atom. The van der Waals surface area contributed by atoms with E-state index in [1.54, 1.807) is 11.3 Å². The van der Waals surface area contributed by atoms with Crippen LogP contribution in [0, 0.1) is 17.1 Å². The third-order valence-electron chi connectivity index (χ3n) is 3.08. The molecule has 1 N–H and O–H groups in total. The molecule has 0 amide bonds. The van der Waals surface area contributed by atoms with Gasteiger partial charge in [-0.15, -0.1) is 11.3 Å². The van der Waals surface area contributed by atoms with Crippen LogP contribution in [-0.4, -0.2) is 4.98 Å². The van der Waals surface area contributed by atoms with Gasteiger partial charge in [-0.1, -0.05) is 6.92 Å². The number of hydrogen-bond donors (Lipinski definition) is 1. The van der Waals surface area contributed by atoms with E-state index in [1.807, 2.05) is 13.1 Å². The highest BCUT2D eigenvalue weighted by Gasteiger charge is 2.11. The fraction of sp³-hybridized carbons (Fsp3) is 0.333. The smallest absolute Gasteiger partial charge is 0.123 e. The van der Waals surface area contributed by atoms with Crippen LogP contribution in [-0.2, 0) is 13.0 Å². The van der Waals surface area contributed by atoms with Crippen molar-refractivity contribution in [3.63, 3.8) is 0 Å². The Morgan fingerprint density at radius 1 is 1.50 bits per heavy atom. The van der Waals surface area contributed by atoms with E-state index in [1.165, 1.54) is 23.1 Å². The van der Waals surface area contributed by atoms with Crippen molar-refractivity contribution in [1.29, 1.82) is 5.26 Å². The van der Waals surface area contributed by atoms with Gasteiger partial charge in [0.05, 0.1) is 17.7 Å². The third kappa shape index (κ3) is 3.41. The molecule has 1 unspecified atom stereocenters. The van der Waals surface area contributed by atoms with Gasteiger partial charge in [-0.25, -0.2) is 9.37 Å². The van der Waals surface area contributed by atoms with Crippen molar-refractivity contribution >= 4 is 11.3 Å². The third-order valence-corrected chi connectivity index (χ3v) is 4.40. The molecule has 1 heterocycles. The van der Waals surface area contributed by atoms with Gasteiger partial charge in [0.25, 0.3) is 0 Å². The topological polar surface area (TPSA) is 48.7 Å². The first-order valence-corrected chi connectivity index (χ1v) is 7.32. The molecule has 0 saturated heterocycles. The van der Waals surface area contributed by atoms with E-state index in [0.29, 0.717) is 17.7 Å². The zero-order valence-corrected chi connectivity index (χ0v) is 12.3. The van der Waals surface area contributed by atoms with Crippen molar-refractivity contribution in [2.75, 3.05) is 0 Å². The predicted octanol–water partition coefficient (Wildman–Crippen LogP) is 3.57. The highest BCUT2D eigenvalue weighted by atomic mass is 32.1. The van der Waals surface area contributed by atoms with Crippen LogP contribution in [0.1, 0.15) is 40.9 Å². The summed E-state index contributed by atoms with van der Waals surface area (Å²) in [6.45, 7) is 4.56. The van der Waals surface area contributed by atoms with E-state index in [-0.39, 0.29) is 11.9 Å². The van der Waals surface area contributed by atoms with Crippen LogP contribution in [0.25, 0.3) is 0 Å². The summed E-state index contributed by atoms with van der Waals surface area (Å²) < 4.78 is 13.2. The quantitative estimate of drug-likeness (QED) is 0.915. The Morgan fingerprint density at radius 2 is 2.30 bits per heavy atom. The van der Waals surface area contributed by atoms with Crippen LogP contribution in [0.2, 0.25) is 0 Å². The van der Waals surface area contributed by atoms with E-state index < -0.39 is 0 Å². The number of hydrogen-bond acceptors (Lipinski definition) is 4. The van der Waals surface area contributed by atoms with Crippen molar-refractivity contribution in [2.45, 2.75) is 32.9 Å². The van der Waals surface area contributed by atoms with Crippen LogP contribution in [0.5, 0.6) is 0 Å². The lowest BCUT2D eigenvalue weighted by Crippen LogP contribution is -2.18. The first-order chi connectivity index (χ1) is 9.63. The number of rotatable bonds is 5. The average molecular weight is 289 g/mol. The van der Waals surface area contributed by atoms with Gasteiger partial charge in [-0.2, -0.15) is 5.26 Å². The minimum Gasteiger partial charge on any atom is -0.304 e. The van der Waals surface area contributed by atoms with E-state index in [0.717, 1.165) is 11.4 Å². The van der Waals surface area contributed by atoms with Crippen LogP contribution in [0.3, 0.4) is 0 Å². The Bertz CT molecular complexity index is 630. The van der Waals surface area contributed by atoms with Crippen molar-refractivity contribution in [3.8, 4) is 6.07 Å². The number of nitriles is 1. The van der Waals surface area contributed by atoms with Crippen molar-refractivity contribution in [3.05, 3.63) is 51.2 Å². The molecule has 20 heavy (non-hydrogen) atoms. The molecular formula is C15H16FN3S. The van der Waals surface area contributed by atoms with E-state index in [9.17, 15) is 4.39 Å².